The van der Waals surface area contributed by atoms with Crippen LogP contribution in [0.25, 0.3) is 0 Å². The molecule has 2 rings (SSSR count). The lowest BCUT2D eigenvalue weighted by Crippen LogP contribution is -1.89. The number of nitrogens with one attached hydrogen (secondary N) is 1. The van der Waals surface area contributed by atoms with Crippen molar-refractivity contribution in [2.45, 2.75) is 11.1 Å². The summed E-state index contributed by atoms with van der Waals surface area (Å²) < 4.78 is 1.31. The molecule has 17 heavy (non-hydrogen) atoms. The maximum Gasteiger partial charge on any atom is 0.0687 e. The highest BCUT2D eigenvalue weighted by Gasteiger charge is 2.02. The van der Waals surface area contributed by atoms with Crippen LogP contribution >= 0.6 is 23.1 Å². The van der Waals surface area contributed by atoms with Gasteiger partial charge in [0, 0.05) is 10.4 Å². The SMILES string of the molecule is CSc1sc(C)cc1/C=N\Nc1ccccc1. The summed E-state index contributed by atoms with van der Waals surface area (Å²) >= 11 is 3.57. The molecular formula is C13H14N2S2. The van der Waals surface area contributed by atoms with Crippen LogP contribution in [0.4, 0.5) is 5.69 Å². The molecule has 0 unspecified atom stereocenters. The lowest BCUT2D eigenvalue weighted by Gasteiger charge is -1.98. The molecule has 1 N–H and O–H groups in total. The average Bonchev–Trinajstić information content (AvgIpc) is 2.71. The minimum absolute atomic E-state index is 1.00. The highest BCUT2D eigenvalue weighted by atomic mass is 32.2. The minimum atomic E-state index is 1.00. The fraction of sp³-hybridized carbons (Fsp3) is 0.154. The molecule has 0 saturated heterocycles. The van der Waals surface area contributed by atoms with Gasteiger partial charge in [0.1, 0.15) is 0 Å². The number of hydrogen-bond acceptors (Lipinski definition) is 4. The minimum Gasteiger partial charge on any atom is -0.279 e. The average molecular weight is 262 g/mol. The summed E-state index contributed by atoms with van der Waals surface area (Å²) in [6, 6.07) is 12.1. The molecule has 0 amide bonds. The van der Waals surface area contributed by atoms with Crippen molar-refractivity contribution in [1.29, 1.82) is 0 Å². The van der Waals surface area contributed by atoms with E-state index in [0.29, 0.717) is 0 Å². The van der Waals surface area contributed by atoms with E-state index in [-0.39, 0.29) is 0 Å². The van der Waals surface area contributed by atoms with Crippen molar-refractivity contribution in [3.8, 4) is 0 Å². The summed E-state index contributed by atoms with van der Waals surface area (Å²) in [6.07, 6.45) is 3.97. The van der Waals surface area contributed by atoms with Crippen molar-refractivity contribution in [3.63, 3.8) is 0 Å². The van der Waals surface area contributed by atoms with Gasteiger partial charge in [-0.15, -0.1) is 23.1 Å². The van der Waals surface area contributed by atoms with Crippen LogP contribution in [-0.2, 0) is 0 Å². The van der Waals surface area contributed by atoms with Crippen molar-refractivity contribution in [2.75, 3.05) is 11.7 Å². The highest BCUT2D eigenvalue weighted by Crippen LogP contribution is 2.28. The third kappa shape index (κ3) is 3.35. The molecule has 0 atom stereocenters. The summed E-state index contributed by atoms with van der Waals surface area (Å²) in [4.78, 5) is 1.32. The van der Waals surface area contributed by atoms with Gasteiger partial charge in [0.15, 0.2) is 0 Å². The monoisotopic (exact) mass is 262 g/mol. The number of hydrogen-bond donors (Lipinski definition) is 1. The summed E-state index contributed by atoms with van der Waals surface area (Å²) in [6.45, 7) is 2.12. The lowest BCUT2D eigenvalue weighted by molar-refractivity contribution is 1.35. The van der Waals surface area contributed by atoms with Crippen molar-refractivity contribution < 1.29 is 0 Å². The van der Waals surface area contributed by atoms with Gasteiger partial charge in [0.2, 0.25) is 0 Å². The van der Waals surface area contributed by atoms with E-state index in [0.717, 1.165) is 5.69 Å². The second kappa shape index (κ2) is 5.89. The van der Waals surface area contributed by atoms with E-state index in [2.05, 4.69) is 29.8 Å². The van der Waals surface area contributed by atoms with Crippen LogP contribution in [0.2, 0.25) is 0 Å². The maximum atomic E-state index is 4.25. The molecule has 88 valence electrons. The van der Waals surface area contributed by atoms with Gasteiger partial charge < -0.3 is 0 Å². The highest BCUT2D eigenvalue weighted by molar-refractivity contribution is 8.00. The van der Waals surface area contributed by atoms with E-state index in [1.54, 1.807) is 23.1 Å². The molecule has 0 spiro atoms. The van der Waals surface area contributed by atoms with Crippen LogP contribution in [0, 0.1) is 6.92 Å². The van der Waals surface area contributed by atoms with Gasteiger partial charge >= 0.3 is 0 Å². The number of hydrazone groups is 1. The molecule has 1 aromatic heterocycles. The summed E-state index contributed by atoms with van der Waals surface area (Å²) in [5.74, 6) is 0. The van der Waals surface area contributed by atoms with Gasteiger partial charge in [-0.25, -0.2) is 0 Å². The summed E-state index contributed by atoms with van der Waals surface area (Å²) in [5, 5.41) is 4.25. The van der Waals surface area contributed by atoms with Crippen molar-refractivity contribution in [2.24, 2.45) is 5.10 Å². The van der Waals surface area contributed by atoms with Crippen LogP contribution in [0.5, 0.6) is 0 Å². The molecule has 0 fully saturated rings. The normalized spacial score (nSPS) is 10.9. The number of nitrogens with zero attached hydrogens (tertiary/aromatic N) is 1. The maximum absolute atomic E-state index is 4.25. The van der Waals surface area contributed by atoms with Crippen LogP contribution < -0.4 is 5.43 Å². The molecule has 1 aromatic carbocycles. The van der Waals surface area contributed by atoms with E-state index in [1.807, 2.05) is 36.5 Å². The summed E-state index contributed by atoms with van der Waals surface area (Å²) in [7, 11) is 0. The quantitative estimate of drug-likeness (QED) is 0.507. The predicted molar refractivity (Wildman–Crippen MR) is 78.5 cm³/mol. The number of benzene rings is 1. The van der Waals surface area contributed by atoms with Gasteiger partial charge in [0.05, 0.1) is 16.1 Å². The fourth-order valence-corrected chi connectivity index (χ4v) is 3.23. The van der Waals surface area contributed by atoms with E-state index in [9.17, 15) is 0 Å². The van der Waals surface area contributed by atoms with Crippen molar-refractivity contribution in [1.82, 2.24) is 0 Å². The zero-order valence-electron chi connectivity index (χ0n) is 9.81. The second-order valence-electron chi connectivity index (χ2n) is 3.54. The molecule has 2 aromatic rings. The summed E-state index contributed by atoms with van der Waals surface area (Å²) in [5.41, 5.74) is 5.20. The second-order valence-corrected chi connectivity index (χ2v) is 5.87. The Bertz CT molecular complexity index is 503. The van der Waals surface area contributed by atoms with Gasteiger partial charge in [-0.3, -0.25) is 5.43 Å². The zero-order chi connectivity index (χ0) is 12.1. The molecule has 0 aliphatic carbocycles. The van der Waals surface area contributed by atoms with Crippen LogP contribution in [0.15, 0.2) is 45.7 Å². The number of thioether (sulfide) groups is 1. The van der Waals surface area contributed by atoms with Gasteiger partial charge in [0.25, 0.3) is 0 Å². The lowest BCUT2D eigenvalue weighted by atomic mass is 10.3. The Morgan fingerprint density at radius 1 is 1.29 bits per heavy atom. The Morgan fingerprint density at radius 3 is 2.76 bits per heavy atom. The Hall–Kier alpha value is -1.26. The predicted octanol–water partition coefficient (Wildman–Crippen LogP) is 4.22. The Labute approximate surface area is 110 Å². The fourth-order valence-electron chi connectivity index (χ4n) is 1.45. The molecule has 1 heterocycles. The van der Waals surface area contributed by atoms with Crippen LogP contribution in [0.1, 0.15) is 10.4 Å². The smallest absolute Gasteiger partial charge is 0.0687 e. The molecule has 0 radical (unpaired) electrons. The number of anilines is 1. The van der Waals surface area contributed by atoms with E-state index in [1.165, 1.54) is 14.6 Å². The van der Waals surface area contributed by atoms with Gasteiger partial charge in [-0.1, -0.05) is 18.2 Å². The first-order valence-electron chi connectivity index (χ1n) is 5.28. The topological polar surface area (TPSA) is 24.4 Å². The van der Waals surface area contributed by atoms with Crippen molar-refractivity contribution >= 4 is 35.0 Å². The molecule has 0 bridgehead atoms. The van der Waals surface area contributed by atoms with Crippen LogP contribution in [0.3, 0.4) is 0 Å². The molecular weight excluding hydrogens is 248 g/mol. The molecule has 4 heteroatoms. The van der Waals surface area contributed by atoms with Gasteiger partial charge in [-0.05, 0) is 31.4 Å². The van der Waals surface area contributed by atoms with E-state index >= 15 is 0 Å². The first-order chi connectivity index (χ1) is 8.29. The Kier molecular flexibility index (Phi) is 4.23. The zero-order valence-corrected chi connectivity index (χ0v) is 11.4. The van der Waals surface area contributed by atoms with E-state index in [4.69, 9.17) is 0 Å². The first kappa shape index (κ1) is 12.2. The number of rotatable bonds is 4. The Morgan fingerprint density at radius 2 is 2.06 bits per heavy atom. The van der Waals surface area contributed by atoms with E-state index < -0.39 is 0 Å². The standard InChI is InChI=1S/C13H14N2S2/c1-10-8-11(13(16-2)17-10)9-14-15-12-6-4-3-5-7-12/h3-9,15H,1-2H3/b14-9-. The number of para-hydroxylation sites is 1. The number of thiophene rings is 1. The molecule has 0 aliphatic rings. The Balaban J connectivity index is 2.05. The van der Waals surface area contributed by atoms with Crippen molar-refractivity contribution in [3.05, 3.63) is 46.8 Å². The number of aryl methyl sites for hydroxylation is 1. The van der Waals surface area contributed by atoms with Crippen LogP contribution in [-0.4, -0.2) is 12.5 Å². The third-order valence-corrected chi connectivity index (χ3v) is 4.42. The molecule has 0 saturated carbocycles. The van der Waals surface area contributed by atoms with Gasteiger partial charge in [-0.2, -0.15) is 5.10 Å². The largest absolute Gasteiger partial charge is 0.279 e. The molecule has 0 aliphatic heterocycles. The first-order valence-corrected chi connectivity index (χ1v) is 7.32. The third-order valence-electron chi connectivity index (χ3n) is 2.20. The molecule has 2 nitrogen and oxygen atoms in total.